The molecule has 0 saturated heterocycles. The van der Waals surface area contributed by atoms with Gasteiger partial charge in [-0.15, -0.1) is 0 Å². The Hall–Kier alpha value is -0.870. The molecule has 0 bridgehead atoms. The van der Waals surface area contributed by atoms with Crippen molar-refractivity contribution in [3.8, 4) is 0 Å². The van der Waals surface area contributed by atoms with E-state index in [1.807, 2.05) is 25.1 Å². The summed E-state index contributed by atoms with van der Waals surface area (Å²) < 4.78 is 17.3. The zero-order chi connectivity index (χ0) is 12.0. The van der Waals surface area contributed by atoms with Gasteiger partial charge in [-0.2, -0.15) is 0 Å². The predicted octanol–water partition coefficient (Wildman–Crippen LogP) is 2.11. The number of rotatable bonds is 6. The lowest BCUT2D eigenvalue weighted by Crippen LogP contribution is -2.08. The second-order valence-electron chi connectivity index (χ2n) is 3.63. The highest BCUT2D eigenvalue weighted by atomic mass is 32.2. The number of ether oxygens (including phenoxy) is 1. The summed E-state index contributed by atoms with van der Waals surface area (Å²) in [4.78, 5) is 0.820. The van der Waals surface area contributed by atoms with Gasteiger partial charge in [0.05, 0.1) is 23.2 Å². The van der Waals surface area contributed by atoms with Gasteiger partial charge < -0.3 is 10.5 Å². The number of anilines is 1. The van der Waals surface area contributed by atoms with Gasteiger partial charge in [-0.1, -0.05) is 13.0 Å². The van der Waals surface area contributed by atoms with Gasteiger partial charge in [0.25, 0.3) is 0 Å². The first-order valence-electron chi connectivity index (χ1n) is 5.48. The maximum Gasteiger partial charge on any atom is 0.0585 e. The molecule has 3 nitrogen and oxygen atoms in total. The molecule has 2 N–H and O–H groups in total. The molecule has 0 fully saturated rings. The van der Waals surface area contributed by atoms with Crippen LogP contribution in [0.2, 0.25) is 0 Å². The molecule has 0 amide bonds. The highest BCUT2D eigenvalue weighted by Gasteiger charge is 2.08. The predicted molar refractivity (Wildman–Crippen MR) is 68.0 cm³/mol. The van der Waals surface area contributed by atoms with Crippen molar-refractivity contribution in [1.82, 2.24) is 0 Å². The van der Waals surface area contributed by atoms with Crippen LogP contribution in [0.3, 0.4) is 0 Å². The van der Waals surface area contributed by atoms with Gasteiger partial charge >= 0.3 is 0 Å². The Morgan fingerprint density at radius 2 is 2.12 bits per heavy atom. The van der Waals surface area contributed by atoms with Gasteiger partial charge in [-0.3, -0.25) is 4.21 Å². The van der Waals surface area contributed by atoms with E-state index in [0.29, 0.717) is 18.0 Å². The molecule has 0 aliphatic heterocycles. The highest BCUT2D eigenvalue weighted by Crippen LogP contribution is 2.18. The first kappa shape index (κ1) is 13.2. The Bertz CT molecular complexity index is 366. The van der Waals surface area contributed by atoms with Crippen LogP contribution >= 0.6 is 0 Å². The van der Waals surface area contributed by atoms with Crippen LogP contribution in [-0.2, 0) is 15.5 Å². The van der Waals surface area contributed by atoms with Gasteiger partial charge in [0.2, 0.25) is 0 Å². The van der Waals surface area contributed by atoms with E-state index in [2.05, 4.69) is 6.92 Å². The van der Waals surface area contributed by atoms with E-state index in [0.717, 1.165) is 23.5 Å². The largest absolute Gasteiger partial charge is 0.398 e. The molecule has 1 aromatic rings. The molecule has 0 spiro atoms. The summed E-state index contributed by atoms with van der Waals surface area (Å²) in [6.07, 6.45) is 0.990. The lowest BCUT2D eigenvalue weighted by atomic mass is 10.2. The Morgan fingerprint density at radius 1 is 1.38 bits per heavy atom. The molecule has 1 atom stereocenters. The van der Waals surface area contributed by atoms with Crippen molar-refractivity contribution in [3.63, 3.8) is 0 Å². The van der Waals surface area contributed by atoms with E-state index in [4.69, 9.17) is 10.5 Å². The SMILES string of the molecule is CCCOCCS(=O)c1cccc(N)c1C. The van der Waals surface area contributed by atoms with Gasteiger partial charge in [0.15, 0.2) is 0 Å². The van der Waals surface area contributed by atoms with Crippen LogP contribution in [0.4, 0.5) is 5.69 Å². The number of nitrogen functional groups attached to an aromatic ring is 1. The fraction of sp³-hybridized carbons (Fsp3) is 0.500. The van der Waals surface area contributed by atoms with Crippen LogP contribution in [-0.4, -0.2) is 23.2 Å². The number of benzene rings is 1. The fourth-order valence-corrected chi connectivity index (χ4v) is 2.55. The minimum atomic E-state index is -1.01. The molecule has 0 aliphatic rings. The monoisotopic (exact) mass is 241 g/mol. The summed E-state index contributed by atoms with van der Waals surface area (Å²) in [5, 5.41) is 0. The lowest BCUT2D eigenvalue weighted by Gasteiger charge is -2.08. The summed E-state index contributed by atoms with van der Waals surface area (Å²) in [5.41, 5.74) is 7.38. The van der Waals surface area contributed by atoms with Crippen LogP contribution < -0.4 is 5.73 Å². The van der Waals surface area contributed by atoms with Gasteiger partial charge in [0, 0.05) is 17.2 Å². The van der Waals surface area contributed by atoms with E-state index in [1.54, 1.807) is 0 Å². The molecule has 0 aliphatic carbocycles. The first-order valence-corrected chi connectivity index (χ1v) is 6.80. The van der Waals surface area contributed by atoms with Gasteiger partial charge in [-0.05, 0) is 31.0 Å². The summed E-state index contributed by atoms with van der Waals surface area (Å²) >= 11 is 0. The number of hydrogen-bond donors (Lipinski definition) is 1. The summed E-state index contributed by atoms with van der Waals surface area (Å²) in [7, 11) is -1.01. The Kier molecular flexibility index (Phi) is 5.49. The van der Waals surface area contributed by atoms with Crippen molar-refractivity contribution in [2.75, 3.05) is 24.7 Å². The second-order valence-corrected chi connectivity index (χ2v) is 5.17. The third-order valence-electron chi connectivity index (χ3n) is 2.33. The molecule has 1 unspecified atom stereocenters. The summed E-state index contributed by atoms with van der Waals surface area (Å²) in [6.45, 7) is 5.22. The highest BCUT2D eigenvalue weighted by molar-refractivity contribution is 7.85. The molecule has 0 heterocycles. The van der Waals surface area contributed by atoms with Crippen LogP contribution in [0, 0.1) is 6.92 Å². The maximum absolute atomic E-state index is 12.0. The molecule has 16 heavy (non-hydrogen) atoms. The Labute approximate surface area is 99.4 Å². The molecule has 4 heteroatoms. The minimum Gasteiger partial charge on any atom is -0.398 e. The topological polar surface area (TPSA) is 52.3 Å². The summed E-state index contributed by atoms with van der Waals surface area (Å²) in [6, 6.07) is 5.52. The van der Waals surface area contributed by atoms with Crippen molar-refractivity contribution in [1.29, 1.82) is 0 Å². The third kappa shape index (κ3) is 3.61. The zero-order valence-corrected chi connectivity index (χ0v) is 10.7. The quantitative estimate of drug-likeness (QED) is 0.613. The molecule has 0 radical (unpaired) electrons. The van der Waals surface area contributed by atoms with Crippen LogP contribution in [0.1, 0.15) is 18.9 Å². The van der Waals surface area contributed by atoms with E-state index in [9.17, 15) is 4.21 Å². The Balaban J connectivity index is 2.56. The fourth-order valence-electron chi connectivity index (χ4n) is 1.37. The van der Waals surface area contributed by atoms with Crippen molar-refractivity contribution in [2.24, 2.45) is 0 Å². The standard InChI is InChI=1S/C12H19NO2S/c1-3-7-15-8-9-16(14)12-6-4-5-11(13)10(12)2/h4-6H,3,7-9,13H2,1-2H3. The van der Waals surface area contributed by atoms with E-state index < -0.39 is 10.8 Å². The van der Waals surface area contributed by atoms with Crippen LogP contribution in [0.15, 0.2) is 23.1 Å². The molecular formula is C12H19NO2S. The van der Waals surface area contributed by atoms with Crippen molar-refractivity contribution in [3.05, 3.63) is 23.8 Å². The van der Waals surface area contributed by atoms with Gasteiger partial charge in [0.1, 0.15) is 0 Å². The summed E-state index contributed by atoms with van der Waals surface area (Å²) in [5.74, 6) is 0.532. The zero-order valence-electron chi connectivity index (χ0n) is 9.86. The van der Waals surface area contributed by atoms with Crippen molar-refractivity contribution in [2.45, 2.75) is 25.2 Å². The number of nitrogens with two attached hydrogens (primary N) is 1. The second kappa shape index (κ2) is 6.66. The molecular weight excluding hydrogens is 222 g/mol. The smallest absolute Gasteiger partial charge is 0.0585 e. The third-order valence-corrected chi connectivity index (χ3v) is 3.80. The Morgan fingerprint density at radius 3 is 2.81 bits per heavy atom. The minimum absolute atomic E-state index is 0.532. The first-order chi connectivity index (χ1) is 7.66. The van der Waals surface area contributed by atoms with Crippen LogP contribution in [0.5, 0.6) is 0 Å². The van der Waals surface area contributed by atoms with Crippen LogP contribution in [0.25, 0.3) is 0 Å². The molecule has 0 saturated carbocycles. The van der Waals surface area contributed by atoms with Crippen molar-refractivity contribution < 1.29 is 8.95 Å². The number of hydrogen-bond acceptors (Lipinski definition) is 3. The van der Waals surface area contributed by atoms with Crippen molar-refractivity contribution >= 4 is 16.5 Å². The van der Waals surface area contributed by atoms with E-state index in [1.165, 1.54) is 0 Å². The van der Waals surface area contributed by atoms with E-state index in [-0.39, 0.29) is 0 Å². The average Bonchev–Trinajstić information content (AvgIpc) is 2.28. The normalized spacial score (nSPS) is 12.6. The van der Waals surface area contributed by atoms with E-state index >= 15 is 0 Å². The molecule has 0 aromatic heterocycles. The molecule has 1 aromatic carbocycles. The molecule has 90 valence electrons. The van der Waals surface area contributed by atoms with Gasteiger partial charge in [-0.25, -0.2) is 0 Å². The lowest BCUT2D eigenvalue weighted by molar-refractivity contribution is 0.150. The average molecular weight is 241 g/mol. The maximum atomic E-state index is 12.0. The molecule has 1 rings (SSSR count).